The summed E-state index contributed by atoms with van der Waals surface area (Å²) >= 11 is 6.69. The first-order chi connectivity index (χ1) is 18.7. The zero-order chi connectivity index (χ0) is 28.1. The van der Waals surface area contributed by atoms with Crippen LogP contribution in [-0.4, -0.2) is 115 Å². The summed E-state index contributed by atoms with van der Waals surface area (Å²) in [5, 5.41) is 3.33. The van der Waals surface area contributed by atoms with Crippen molar-refractivity contribution in [2.24, 2.45) is 0 Å². The Morgan fingerprint density at radius 1 is 0.821 bits per heavy atom. The van der Waals surface area contributed by atoms with Crippen molar-refractivity contribution in [3.05, 3.63) is 45.6 Å². The molecule has 0 aliphatic carbocycles. The zero-order valence-electron chi connectivity index (χ0n) is 23.1. The van der Waals surface area contributed by atoms with E-state index in [0.29, 0.717) is 38.1 Å². The minimum Gasteiger partial charge on any atom is -0.476 e. The van der Waals surface area contributed by atoms with Gasteiger partial charge in [0, 0.05) is 98.9 Å². The molecule has 2 aliphatic rings. The second-order valence-corrected chi connectivity index (χ2v) is 12.1. The van der Waals surface area contributed by atoms with Crippen molar-refractivity contribution in [1.29, 1.82) is 0 Å². The first-order valence-corrected chi connectivity index (χ1v) is 14.9. The Morgan fingerprint density at radius 2 is 1.31 bits per heavy atom. The van der Waals surface area contributed by atoms with Crippen LogP contribution in [0.5, 0.6) is 11.8 Å². The molecule has 1 N–H and O–H groups in total. The van der Waals surface area contributed by atoms with Gasteiger partial charge >= 0.3 is 6.09 Å². The van der Waals surface area contributed by atoms with E-state index < -0.39 is 5.60 Å². The lowest BCUT2D eigenvalue weighted by Crippen LogP contribution is -2.50. The van der Waals surface area contributed by atoms with Gasteiger partial charge in [0.05, 0.1) is 0 Å². The molecule has 0 unspecified atom stereocenters. The molecule has 0 bridgehead atoms. The predicted octanol–water partition coefficient (Wildman–Crippen LogP) is 3.90. The van der Waals surface area contributed by atoms with E-state index in [0.717, 1.165) is 61.3 Å². The maximum atomic E-state index is 12.0. The average molecular weight is 672 g/mol. The molecule has 4 rings (SSSR count). The van der Waals surface area contributed by atoms with Crippen molar-refractivity contribution >= 4 is 38.0 Å². The number of piperazine rings is 2. The lowest BCUT2D eigenvalue weighted by atomic mass is 10.2. The number of aromatic nitrogens is 2. The number of carbonyl (C=O) groups excluding carboxylic acids is 1. The van der Waals surface area contributed by atoms with Gasteiger partial charge in [0.25, 0.3) is 0 Å². The molecule has 216 valence electrons. The van der Waals surface area contributed by atoms with Crippen LogP contribution in [-0.2, 0) is 4.74 Å². The quantitative estimate of drug-likeness (QED) is 0.449. The number of carbonyl (C=O) groups is 1. The number of ether oxygens (including phenoxy) is 3. The zero-order valence-corrected chi connectivity index (χ0v) is 26.2. The largest absolute Gasteiger partial charge is 0.476 e. The third-order valence-electron chi connectivity index (χ3n) is 5.95. The molecule has 2 fully saturated rings. The highest BCUT2D eigenvalue weighted by Crippen LogP contribution is 2.14. The maximum Gasteiger partial charge on any atom is 0.410 e. The van der Waals surface area contributed by atoms with E-state index in [4.69, 9.17) is 14.2 Å². The smallest absolute Gasteiger partial charge is 0.410 e. The van der Waals surface area contributed by atoms with Crippen LogP contribution in [0.2, 0.25) is 0 Å². The maximum absolute atomic E-state index is 12.0. The van der Waals surface area contributed by atoms with Gasteiger partial charge in [-0.1, -0.05) is 0 Å². The van der Waals surface area contributed by atoms with Crippen molar-refractivity contribution in [2.75, 3.05) is 78.7 Å². The Hall–Kier alpha value is -1.99. The van der Waals surface area contributed by atoms with Gasteiger partial charge in [0.1, 0.15) is 18.8 Å². The topological polar surface area (TPSA) is 92.3 Å². The van der Waals surface area contributed by atoms with Crippen molar-refractivity contribution in [1.82, 2.24) is 30.0 Å². The molecule has 4 heterocycles. The molecule has 0 aromatic carbocycles. The van der Waals surface area contributed by atoms with E-state index in [1.807, 2.05) is 45.0 Å². The van der Waals surface area contributed by atoms with Crippen molar-refractivity contribution in [3.63, 3.8) is 0 Å². The molecule has 0 atom stereocenters. The predicted molar refractivity (Wildman–Crippen MR) is 158 cm³/mol. The fourth-order valence-electron chi connectivity index (χ4n) is 3.87. The number of hydrogen-bond acceptors (Lipinski definition) is 9. The number of pyridine rings is 2. The number of hydrogen-bond donors (Lipinski definition) is 1. The Kier molecular flexibility index (Phi) is 13.2. The monoisotopic (exact) mass is 670 g/mol. The summed E-state index contributed by atoms with van der Waals surface area (Å²) in [5.41, 5.74) is -0.445. The van der Waals surface area contributed by atoms with E-state index in [1.165, 1.54) is 0 Å². The molecule has 0 spiro atoms. The summed E-state index contributed by atoms with van der Waals surface area (Å²) in [6, 6.07) is 7.56. The molecule has 12 heteroatoms. The fourth-order valence-corrected chi connectivity index (χ4v) is 4.34. The summed E-state index contributed by atoms with van der Waals surface area (Å²) in [5.74, 6) is 1.32. The summed E-state index contributed by atoms with van der Waals surface area (Å²) in [7, 11) is 0. The molecule has 39 heavy (non-hydrogen) atoms. The van der Waals surface area contributed by atoms with Crippen LogP contribution in [0.4, 0.5) is 4.79 Å². The number of halogens is 2. The lowest BCUT2D eigenvalue weighted by molar-refractivity contribution is 0.0136. The minimum atomic E-state index is -0.445. The van der Waals surface area contributed by atoms with Gasteiger partial charge in [-0.3, -0.25) is 9.80 Å². The summed E-state index contributed by atoms with van der Waals surface area (Å²) in [6.45, 7) is 16.1. The average Bonchev–Trinajstić information content (AvgIpc) is 2.91. The molecule has 2 saturated heterocycles. The van der Waals surface area contributed by atoms with Gasteiger partial charge in [-0.2, -0.15) is 0 Å². The molecular weight excluding hydrogens is 632 g/mol. The van der Waals surface area contributed by atoms with Gasteiger partial charge in [-0.15, -0.1) is 0 Å². The van der Waals surface area contributed by atoms with Crippen LogP contribution in [0.1, 0.15) is 20.8 Å². The third kappa shape index (κ3) is 12.8. The molecule has 0 radical (unpaired) electrons. The first-order valence-electron chi connectivity index (χ1n) is 13.3. The normalized spacial score (nSPS) is 16.7. The summed E-state index contributed by atoms with van der Waals surface area (Å²) < 4.78 is 18.5. The van der Waals surface area contributed by atoms with Crippen LogP contribution in [0.15, 0.2) is 45.6 Å². The van der Waals surface area contributed by atoms with Crippen LogP contribution in [0, 0.1) is 0 Å². The van der Waals surface area contributed by atoms with Crippen LogP contribution in [0.3, 0.4) is 0 Å². The third-order valence-corrected chi connectivity index (χ3v) is 6.89. The van der Waals surface area contributed by atoms with Gasteiger partial charge in [-0.05, 0) is 64.8 Å². The van der Waals surface area contributed by atoms with Crippen molar-refractivity contribution in [3.8, 4) is 11.8 Å². The summed E-state index contributed by atoms with van der Waals surface area (Å²) in [4.78, 5) is 26.8. The lowest BCUT2D eigenvalue weighted by Gasteiger charge is -2.35. The SMILES string of the molecule is Brc1ccc(OCCN2CCNCC2)nc1.CC(C)(C)OC(=O)N1CCN(CCOc2ccc(Br)cn2)CC1. The van der Waals surface area contributed by atoms with Crippen LogP contribution < -0.4 is 14.8 Å². The van der Waals surface area contributed by atoms with E-state index in [2.05, 4.69) is 56.9 Å². The minimum absolute atomic E-state index is 0.229. The first kappa shape index (κ1) is 31.5. The highest BCUT2D eigenvalue weighted by Gasteiger charge is 2.25. The van der Waals surface area contributed by atoms with E-state index in [-0.39, 0.29) is 6.09 Å². The van der Waals surface area contributed by atoms with Crippen LogP contribution in [0.25, 0.3) is 0 Å². The van der Waals surface area contributed by atoms with E-state index in [1.54, 1.807) is 17.3 Å². The molecule has 1 amide bonds. The van der Waals surface area contributed by atoms with Crippen molar-refractivity contribution < 1.29 is 19.0 Å². The highest BCUT2D eigenvalue weighted by molar-refractivity contribution is 9.10. The molecule has 2 aromatic heterocycles. The molecular formula is C27H40Br2N6O4. The number of nitrogens with zero attached hydrogens (tertiary/aromatic N) is 5. The van der Waals surface area contributed by atoms with Gasteiger partial charge < -0.3 is 24.4 Å². The number of rotatable bonds is 8. The second-order valence-electron chi connectivity index (χ2n) is 10.2. The Bertz CT molecular complexity index is 977. The molecule has 10 nitrogen and oxygen atoms in total. The van der Waals surface area contributed by atoms with E-state index in [9.17, 15) is 4.79 Å². The van der Waals surface area contributed by atoms with Crippen LogP contribution >= 0.6 is 31.9 Å². The molecule has 2 aromatic rings. The Morgan fingerprint density at radius 3 is 1.74 bits per heavy atom. The Balaban J connectivity index is 0.000000230. The second kappa shape index (κ2) is 16.3. The van der Waals surface area contributed by atoms with E-state index >= 15 is 0 Å². The summed E-state index contributed by atoms with van der Waals surface area (Å²) in [6.07, 6.45) is 3.24. The molecule has 0 saturated carbocycles. The standard InChI is InChI=1S/C16H24BrN3O3.C11H16BrN3O/c1-16(2,3)23-15(21)20-8-6-19(7-9-20)10-11-22-14-5-4-13(17)12-18-14;12-10-1-2-11(14-9-10)16-8-7-15-5-3-13-4-6-15/h4-5,12H,6-11H2,1-3H3;1-2,9,13H,3-8H2. The van der Waals surface area contributed by atoms with Gasteiger partial charge in [0.15, 0.2) is 0 Å². The number of amides is 1. The fraction of sp³-hybridized carbons (Fsp3) is 0.593. The van der Waals surface area contributed by atoms with Gasteiger partial charge in [-0.25, -0.2) is 14.8 Å². The highest BCUT2D eigenvalue weighted by atomic mass is 79.9. The van der Waals surface area contributed by atoms with Gasteiger partial charge in [0.2, 0.25) is 11.8 Å². The number of nitrogens with one attached hydrogen (secondary N) is 1. The molecule has 2 aliphatic heterocycles. The van der Waals surface area contributed by atoms with Crippen molar-refractivity contribution in [2.45, 2.75) is 26.4 Å². The Labute approximate surface area is 248 Å².